The maximum Gasteiger partial charge on any atom is 0.270 e. The molecule has 2 aromatic carbocycles. The molecule has 1 aliphatic rings. The van der Waals surface area contributed by atoms with Crippen LogP contribution in [-0.4, -0.2) is 14.8 Å². The molecule has 2 heterocycles. The number of anilines is 1. The number of fused-ring (bicyclic) bond motifs is 1. The first kappa shape index (κ1) is 18.0. The topological polar surface area (TPSA) is 25.2 Å². The SMILES string of the molecule is Cc1ccccc1N1C(=O)C(=Cc2cn(C(C)C)c3ccccc23)SC1=S. The lowest BCUT2D eigenvalue weighted by molar-refractivity contribution is -0.113. The first-order valence-corrected chi connectivity index (χ1v) is 10.1. The van der Waals surface area contributed by atoms with Crippen LogP contribution >= 0.6 is 24.0 Å². The quantitative estimate of drug-likeness (QED) is 0.408. The third-order valence-electron chi connectivity index (χ3n) is 4.76. The number of carbonyl (C=O) groups is 1. The van der Waals surface area contributed by atoms with Crippen LogP contribution in [-0.2, 0) is 4.79 Å². The molecule has 5 heteroatoms. The Morgan fingerprint density at radius 1 is 1.07 bits per heavy atom. The van der Waals surface area contributed by atoms with E-state index in [9.17, 15) is 4.79 Å². The lowest BCUT2D eigenvalue weighted by Gasteiger charge is -2.16. The van der Waals surface area contributed by atoms with Crippen molar-refractivity contribution < 1.29 is 4.79 Å². The van der Waals surface area contributed by atoms with E-state index in [0.29, 0.717) is 15.3 Å². The van der Waals surface area contributed by atoms with Crippen molar-refractivity contribution in [2.45, 2.75) is 26.8 Å². The fraction of sp³-hybridized carbons (Fsp3) is 0.182. The van der Waals surface area contributed by atoms with E-state index in [0.717, 1.165) is 22.2 Å². The summed E-state index contributed by atoms with van der Waals surface area (Å²) >= 11 is 6.88. The van der Waals surface area contributed by atoms with Gasteiger partial charge in [-0.1, -0.05) is 60.4 Å². The van der Waals surface area contributed by atoms with Crippen LogP contribution in [0.2, 0.25) is 0 Å². The van der Waals surface area contributed by atoms with Gasteiger partial charge in [0.15, 0.2) is 4.32 Å². The molecule has 0 atom stereocenters. The number of thioether (sulfide) groups is 1. The van der Waals surface area contributed by atoms with E-state index in [4.69, 9.17) is 12.2 Å². The van der Waals surface area contributed by atoms with E-state index in [1.54, 1.807) is 4.90 Å². The summed E-state index contributed by atoms with van der Waals surface area (Å²) in [6.45, 7) is 6.32. The zero-order chi connectivity index (χ0) is 19.1. The van der Waals surface area contributed by atoms with Crippen LogP contribution in [0.3, 0.4) is 0 Å². The highest BCUT2D eigenvalue weighted by Crippen LogP contribution is 2.38. The first-order chi connectivity index (χ1) is 13.0. The van der Waals surface area contributed by atoms with Crippen molar-refractivity contribution in [3.05, 3.63) is 70.8 Å². The molecule has 1 amide bonds. The molecule has 0 radical (unpaired) electrons. The van der Waals surface area contributed by atoms with Gasteiger partial charge in [-0.3, -0.25) is 9.69 Å². The molecule has 0 spiro atoms. The van der Waals surface area contributed by atoms with Gasteiger partial charge < -0.3 is 4.57 Å². The highest BCUT2D eigenvalue weighted by atomic mass is 32.2. The number of rotatable bonds is 3. The lowest BCUT2D eigenvalue weighted by atomic mass is 10.1. The Morgan fingerprint density at radius 3 is 2.52 bits per heavy atom. The Hall–Kier alpha value is -2.37. The zero-order valence-electron chi connectivity index (χ0n) is 15.5. The highest BCUT2D eigenvalue weighted by Gasteiger charge is 2.34. The van der Waals surface area contributed by atoms with Crippen molar-refractivity contribution >= 4 is 56.9 Å². The average molecular weight is 393 g/mol. The number of aromatic nitrogens is 1. The number of carbonyl (C=O) groups excluding carboxylic acids is 1. The molecule has 3 aromatic rings. The summed E-state index contributed by atoms with van der Waals surface area (Å²) in [5.74, 6) is -0.0549. The summed E-state index contributed by atoms with van der Waals surface area (Å²) in [7, 11) is 0. The summed E-state index contributed by atoms with van der Waals surface area (Å²) in [5, 5.41) is 1.15. The molecule has 0 bridgehead atoms. The molecule has 27 heavy (non-hydrogen) atoms. The number of hydrogen-bond donors (Lipinski definition) is 0. The van der Waals surface area contributed by atoms with Gasteiger partial charge in [0.2, 0.25) is 0 Å². The third kappa shape index (κ3) is 3.11. The van der Waals surface area contributed by atoms with Crippen LogP contribution in [0.1, 0.15) is 31.0 Å². The number of para-hydroxylation sites is 2. The standard InChI is InChI=1S/C22H20N2OS2/c1-14(2)23-13-16(17-9-5-7-11-19(17)23)12-20-21(25)24(22(26)27-20)18-10-6-4-8-15(18)3/h4-14H,1-3H3. The molecule has 136 valence electrons. The number of aryl methyl sites for hydroxylation is 1. The first-order valence-electron chi connectivity index (χ1n) is 8.90. The van der Waals surface area contributed by atoms with Gasteiger partial charge in [-0.05, 0) is 44.5 Å². The smallest absolute Gasteiger partial charge is 0.270 e. The average Bonchev–Trinajstić information content (AvgIpc) is 3.14. The summed E-state index contributed by atoms with van der Waals surface area (Å²) < 4.78 is 2.82. The van der Waals surface area contributed by atoms with E-state index in [1.807, 2.05) is 49.4 Å². The maximum absolute atomic E-state index is 13.1. The molecule has 4 rings (SSSR count). The molecule has 0 aliphatic carbocycles. The molecular formula is C22H20N2OS2. The monoisotopic (exact) mass is 392 g/mol. The van der Waals surface area contributed by atoms with Crippen LogP contribution < -0.4 is 4.90 Å². The van der Waals surface area contributed by atoms with Crippen LogP contribution in [0.25, 0.3) is 17.0 Å². The molecule has 1 saturated heterocycles. The minimum Gasteiger partial charge on any atom is -0.344 e. The molecule has 0 unspecified atom stereocenters. The predicted octanol–water partition coefficient (Wildman–Crippen LogP) is 5.94. The second-order valence-electron chi connectivity index (χ2n) is 6.91. The van der Waals surface area contributed by atoms with Crippen molar-refractivity contribution in [2.24, 2.45) is 0 Å². The van der Waals surface area contributed by atoms with E-state index in [2.05, 4.69) is 36.7 Å². The van der Waals surface area contributed by atoms with Crippen molar-refractivity contribution in [3.8, 4) is 0 Å². The van der Waals surface area contributed by atoms with E-state index in [1.165, 1.54) is 17.3 Å². The summed E-state index contributed by atoms with van der Waals surface area (Å²) in [6.07, 6.45) is 4.09. The Bertz CT molecular complexity index is 1090. The fourth-order valence-corrected chi connectivity index (χ4v) is 4.68. The molecule has 0 saturated carbocycles. The van der Waals surface area contributed by atoms with Crippen LogP contribution in [0.4, 0.5) is 5.69 Å². The second kappa shape index (κ2) is 6.98. The van der Waals surface area contributed by atoms with Crippen molar-refractivity contribution in [3.63, 3.8) is 0 Å². The number of hydrogen-bond acceptors (Lipinski definition) is 3. The Balaban J connectivity index is 1.78. The lowest BCUT2D eigenvalue weighted by Crippen LogP contribution is -2.28. The highest BCUT2D eigenvalue weighted by molar-refractivity contribution is 8.27. The molecule has 1 fully saturated rings. The van der Waals surface area contributed by atoms with Gasteiger partial charge in [-0.2, -0.15) is 0 Å². The van der Waals surface area contributed by atoms with Gasteiger partial charge in [0.05, 0.1) is 10.6 Å². The van der Waals surface area contributed by atoms with E-state index >= 15 is 0 Å². The van der Waals surface area contributed by atoms with Gasteiger partial charge in [-0.25, -0.2) is 0 Å². The van der Waals surface area contributed by atoms with Gasteiger partial charge in [0, 0.05) is 28.7 Å². The molecule has 1 aromatic heterocycles. The van der Waals surface area contributed by atoms with Crippen LogP contribution in [0, 0.1) is 6.92 Å². The van der Waals surface area contributed by atoms with Gasteiger partial charge >= 0.3 is 0 Å². The Morgan fingerprint density at radius 2 is 1.78 bits per heavy atom. The molecule has 1 aliphatic heterocycles. The third-order valence-corrected chi connectivity index (χ3v) is 6.07. The van der Waals surface area contributed by atoms with Crippen molar-refractivity contribution in [1.82, 2.24) is 4.57 Å². The molecule has 3 nitrogen and oxygen atoms in total. The van der Waals surface area contributed by atoms with Crippen molar-refractivity contribution in [1.29, 1.82) is 0 Å². The summed E-state index contributed by atoms with van der Waals surface area (Å²) in [5.41, 5.74) is 4.11. The fourth-order valence-electron chi connectivity index (χ4n) is 3.41. The van der Waals surface area contributed by atoms with E-state index < -0.39 is 0 Å². The van der Waals surface area contributed by atoms with E-state index in [-0.39, 0.29) is 5.91 Å². The molecular weight excluding hydrogens is 372 g/mol. The van der Waals surface area contributed by atoms with Crippen molar-refractivity contribution in [2.75, 3.05) is 4.90 Å². The predicted molar refractivity (Wildman–Crippen MR) is 119 cm³/mol. The van der Waals surface area contributed by atoms with Gasteiger partial charge in [0.25, 0.3) is 5.91 Å². The second-order valence-corrected chi connectivity index (χ2v) is 8.58. The summed E-state index contributed by atoms with van der Waals surface area (Å²) in [4.78, 5) is 15.4. The number of thiocarbonyl (C=S) groups is 1. The summed E-state index contributed by atoms with van der Waals surface area (Å²) in [6, 6.07) is 16.5. The Labute approximate surface area is 168 Å². The minimum absolute atomic E-state index is 0.0549. The van der Waals surface area contributed by atoms with Crippen LogP contribution in [0.5, 0.6) is 0 Å². The number of nitrogens with zero attached hydrogens (tertiary/aromatic N) is 2. The zero-order valence-corrected chi connectivity index (χ0v) is 17.1. The van der Waals surface area contributed by atoms with Gasteiger partial charge in [-0.15, -0.1) is 0 Å². The normalized spacial score (nSPS) is 16.3. The number of amides is 1. The largest absolute Gasteiger partial charge is 0.344 e. The van der Waals surface area contributed by atoms with Crippen LogP contribution in [0.15, 0.2) is 59.6 Å². The minimum atomic E-state index is -0.0549. The Kier molecular flexibility index (Phi) is 4.66. The molecule has 0 N–H and O–H groups in total. The maximum atomic E-state index is 13.1. The number of benzene rings is 2. The van der Waals surface area contributed by atoms with Gasteiger partial charge in [0.1, 0.15) is 0 Å².